The number of hydrogen-bond donors (Lipinski definition) is 3. The molecule has 5 rings (SSSR count). The molecule has 1 saturated carbocycles. The molecule has 9 nitrogen and oxygen atoms in total. The van der Waals surface area contributed by atoms with Crippen LogP contribution in [-0.4, -0.2) is 42.0 Å². The fourth-order valence-electron chi connectivity index (χ4n) is 4.74. The first-order valence-electron chi connectivity index (χ1n) is 11.5. The van der Waals surface area contributed by atoms with E-state index in [0.29, 0.717) is 11.2 Å². The average molecular weight is 482 g/mol. The van der Waals surface area contributed by atoms with Gasteiger partial charge >= 0.3 is 5.97 Å². The lowest BCUT2D eigenvalue weighted by Gasteiger charge is -2.34. The first kappa shape index (κ1) is 22.9. The minimum Gasteiger partial charge on any atom is -0.481 e. The summed E-state index contributed by atoms with van der Waals surface area (Å²) in [5, 5.41) is 12.8. The monoisotopic (exact) mass is 482 g/mol. The first-order valence-corrected chi connectivity index (χ1v) is 11.5. The Labute approximate surface area is 199 Å². The predicted octanol–water partition coefficient (Wildman–Crippen LogP) is 5.03. The molecule has 1 aliphatic carbocycles. The molecule has 0 radical (unpaired) electrons. The molecule has 0 bridgehead atoms. The van der Waals surface area contributed by atoms with Gasteiger partial charge in [-0.3, -0.25) is 4.79 Å². The molecule has 182 valence electrons. The maximum Gasteiger partial charge on any atom is 0.308 e. The van der Waals surface area contributed by atoms with E-state index in [1.807, 2.05) is 0 Å². The summed E-state index contributed by atoms with van der Waals surface area (Å²) in [5.74, 6) is -3.16. The standard InChI is InChI=1S/C24H24F2N6O3/c1-12(24(33)34)18(13-6-3-2-4-7-13)30-22-17(26)20(15-8-5-9-35-15)31-21(32-22)14-10-27-23-19(14)29-16(25)11-28-23/h5,8-13,18H,2-4,6-7H2,1H3,(H,27,28)(H,33,34)(H,30,31,32). The number of rotatable bonds is 7. The van der Waals surface area contributed by atoms with Crippen LogP contribution >= 0.6 is 0 Å². The normalized spacial score (nSPS) is 16.3. The van der Waals surface area contributed by atoms with Crippen LogP contribution in [0.2, 0.25) is 0 Å². The van der Waals surface area contributed by atoms with Crippen LogP contribution in [0.3, 0.4) is 0 Å². The van der Waals surface area contributed by atoms with Crippen LogP contribution in [0.5, 0.6) is 0 Å². The Morgan fingerprint density at radius 2 is 2.03 bits per heavy atom. The summed E-state index contributed by atoms with van der Waals surface area (Å²) < 4.78 is 35.0. The Morgan fingerprint density at radius 1 is 1.23 bits per heavy atom. The van der Waals surface area contributed by atoms with Crippen molar-refractivity contribution in [3.05, 3.63) is 42.6 Å². The highest BCUT2D eigenvalue weighted by Crippen LogP contribution is 2.35. The van der Waals surface area contributed by atoms with Crippen molar-refractivity contribution in [2.45, 2.75) is 45.1 Å². The van der Waals surface area contributed by atoms with E-state index < -0.39 is 29.7 Å². The molecular weight excluding hydrogens is 458 g/mol. The molecule has 1 fully saturated rings. The first-order chi connectivity index (χ1) is 16.9. The van der Waals surface area contributed by atoms with Crippen molar-refractivity contribution >= 4 is 23.0 Å². The van der Waals surface area contributed by atoms with E-state index in [0.717, 1.165) is 38.3 Å². The van der Waals surface area contributed by atoms with Gasteiger partial charge in [-0.05, 0) is 37.8 Å². The molecule has 0 spiro atoms. The number of fused-ring (bicyclic) bond motifs is 1. The molecule has 0 saturated heterocycles. The van der Waals surface area contributed by atoms with Gasteiger partial charge < -0.3 is 19.8 Å². The smallest absolute Gasteiger partial charge is 0.308 e. The van der Waals surface area contributed by atoms with Crippen LogP contribution < -0.4 is 5.32 Å². The number of carboxylic acid groups (broad SMARTS) is 1. The Balaban J connectivity index is 1.63. The van der Waals surface area contributed by atoms with E-state index in [2.05, 4.69) is 30.2 Å². The summed E-state index contributed by atoms with van der Waals surface area (Å²) in [7, 11) is 0. The number of nitrogens with one attached hydrogen (secondary N) is 2. The van der Waals surface area contributed by atoms with Crippen LogP contribution in [0.1, 0.15) is 39.0 Å². The number of carbonyl (C=O) groups is 1. The largest absolute Gasteiger partial charge is 0.481 e. The number of H-pyrrole nitrogens is 1. The molecule has 4 heterocycles. The summed E-state index contributed by atoms with van der Waals surface area (Å²) in [6.07, 6.45) is 8.66. The molecule has 4 aromatic rings. The number of hydrogen-bond acceptors (Lipinski definition) is 7. The van der Waals surface area contributed by atoms with Crippen molar-refractivity contribution in [3.63, 3.8) is 0 Å². The summed E-state index contributed by atoms with van der Waals surface area (Å²) in [4.78, 5) is 31.4. The van der Waals surface area contributed by atoms with Gasteiger partial charge in [-0.25, -0.2) is 24.3 Å². The number of aliphatic carboxylic acids is 1. The summed E-state index contributed by atoms with van der Waals surface area (Å²) in [6, 6.07) is 2.62. The Kier molecular flexibility index (Phi) is 6.14. The van der Waals surface area contributed by atoms with Crippen molar-refractivity contribution in [1.29, 1.82) is 0 Å². The maximum absolute atomic E-state index is 15.7. The molecule has 11 heteroatoms. The number of furan rings is 1. The number of nitrogens with zero attached hydrogens (tertiary/aromatic N) is 4. The SMILES string of the molecule is CC(C(=O)O)C(Nc1nc(-c2c[nH]c3ncc(F)nc23)nc(-c2ccco2)c1F)C1CCCCC1. The average Bonchev–Trinajstić information content (AvgIpc) is 3.54. The highest BCUT2D eigenvalue weighted by atomic mass is 19.1. The molecule has 1 aliphatic rings. The topological polar surface area (TPSA) is 130 Å². The van der Waals surface area contributed by atoms with E-state index in [1.165, 1.54) is 12.5 Å². The molecule has 2 unspecified atom stereocenters. The Bertz CT molecular complexity index is 1350. The summed E-state index contributed by atoms with van der Waals surface area (Å²) >= 11 is 0. The number of halogens is 2. The van der Waals surface area contributed by atoms with Crippen molar-refractivity contribution in [1.82, 2.24) is 24.9 Å². The fraction of sp³-hybridized carbons (Fsp3) is 0.375. The van der Waals surface area contributed by atoms with Gasteiger partial charge in [-0.15, -0.1) is 0 Å². The van der Waals surface area contributed by atoms with Crippen LogP contribution in [0, 0.1) is 23.6 Å². The van der Waals surface area contributed by atoms with Gasteiger partial charge in [0.2, 0.25) is 5.95 Å². The number of anilines is 1. The molecule has 0 aromatic carbocycles. The number of aromatic amines is 1. The van der Waals surface area contributed by atoms with Crippen molar-refractivity contribution < 1.29 is 23.1 Å². The zero-order valence-electron chi connectivity index (χ0n) is 19.0. The van der Waals surface area contributed by atoms with E-state index >= 15 is 4.39 Å². The quantitative estimate of drug-likeness (QED) is 0.334. The van der Waals surface area contributed by atoms with Gasteiger partial charge in [0.25, 0.3) is 0 Å². The zero-order chi connectivity index (χ0) is 24.5. The lowest BCUT2D eigenvalue weighted by Crippen LogP contribution is -2.40. The van der Waals surface area contributed by atoms with Gasteiger partial charge in [0.1, 0.15) is 11.2 Å². The molecule has 2 atom stereocenters. The summed E-state index contributed by atoms with van der Waals surface area (Å²) in [5.41, 5.74) is 0.730. The van der Waals surface area contributed by atoms with Crippen molar-refractivity contribution in [3.8, 4) is 22.8 Å². The molecule has 0 aliphatic heterocycles. The molecular formula is C24H24F2N6O3. The zero-order valence-corrected chi connectivity index (χ0v) is 19.0. The minimum absolute atomic E-state index is 0.0489. The van der Waals surface area contributed by atoms with Crippen LogP contribution in [0.15, 0.2) is 35.2 Å². The van der Waals surface area contributed by atoms with Crippen molar-refractivity contribution in [2.24, 2.45) is 11.8 Å². The lowest BCUT2D eigenvalue weighted by molar-refractivity contribution is -0.142. The molecule has 3 N–H and O–H groups in total. The molecule has 0 amide bonds. The van der Waals surface area contributed by atoms with Crippen molar-refractivity contribution in [2.75, 3.05) is 5.32 Å². The van der Waals surface area contributed by atoms with E-state index in [4.69, 9.17) is 4.42 Å². The van der Waals surface area contributed by atoms with Gasteiger partial charge in [0.15, 0.2) is 28.9 Å². The van der Waals surface area contributed by atoms with Gasteiger partial charge in [-0.1, -0.05) is 19.3 Å². The summed E-state index contributed by atoms with van der Waals surface area (Å²) in [6.45, 7) is 1.61. The second-order valence-corrected chi connectivity index (χ2v) is 8.82. The third-order valence-corrected chi connectivity index (χ3v) is 6.59. The Morgan fingerprint density at radius 3 is 2.74 bits per heavy atom. The molecule has 4 aromatic heterocycles. The Hall–Kier alpha value is -3.89. The second kappa shape index (κ2) is 9.40. The maximum atomic E-state index is 15.7. The van der Waals surface area contributed by atoms with E-state index in [1.54, 1.807) is 19.1 Å². The third-order valence-electron chi connectivity index (χ3n) is 6.59. The third kappa shape index (κ3) is 4.45. The minimum atomic E-state index is -0.976. The van der Waals surface area contributed by atoms with Gasteiger partial charge in [0, 0.05) is 12.2 Å². The van der Waals surface area contributed by atoms with Gasteiger partial charge in [0.05, 0.1) is 23.9 Å². The lowest BCUT2D eigenvalue weighted by atomic mass is 9.79. The fourth-order valence-corrected chi connectivity index (χ4v) is 4.74. The molecule has 35 heavy (non-hydrogen) atoms. The van der Waals surface area contributed by atoms with Crippen LogP contribution in [0.4, 0.5) is 14.6 Å². The highest BCUT2D eigenvalue weighted by molar-refractivity contribution is 5.88. The van der Waals surface area contributed by atoms with Crippen LogP contribution in [-0.2, 0) is 4.79 Å². The van der Waals surface area contributed by atoms with E-state index in [9.17, 15) is 14.3 Å². The van der Waals surface area contributed by atoms with E-state index in [-0.39, 0.29) is 34.5 Å². The van der Waals surface area contributed by atoms with Gasteiger partial charge in [-0.2, -0.15) is 4.39 Å². The predicted molar refractivity (Wildman–Crippen MR) is 123 cm³/mol. The number of aromatic nitrogens is 5. The second-order valence-electron chi connectivity index (χ2n) is 8.82. The van der Waals surface area contributed by atoms with Crippen LogP contribution in [0.25, 0.3) is 34.0 Å². The highest BCUT2D eigenvalue weighted by Gasteiger charge is 2.34. The number of carboxylic acids is 1.